The molecule has 138 valence electrons. The smallest absolute Gasteiger partial charge is 0.277 e. The normalized spacial score (nSPS) is 11.8. The Morgan fingerprint density at radius 3 is 2.52 bits per heavy atom. The molecule has 0 bridgehead atoms. The number of aryl methyl sites for hydroxylation is 1. The largest absolute Gasteiger partial charge is 0.411 e. The molecule has 2 aromatic carbocycles. The number of ketones is 1. The van der Waals surface area contributed by atoms with Gasteiger partial charge in [0.15, 0.2) is 5.78 Å². The number of Topliss-reactive ketones (excluding diaryl/α,β-unsaturated/α-hetero) is 1. The van der Waals surface area contributed by atoms with Crippen LogP contribution in [0.25, 0.3) is 11.5 Å². The number of anilines is 1. The number of nitrogens with zero attached hydrogens (tertiary/aromatic N) is 2. The van der Waals surface area contributed by atoms with E-state index < -0.39 is 5.25 Å². The molecule has 6 nitrogen and oxygen atoms in total. The third-order valence-electron chi connectivity index (χ3n) is 3.88. The van der Waals surface area contributed by atoms with Gasteiger partial charge in [-0.2, -0.15) is 0 Å². The van der Waals surface area contributed by atoms with Gasteiger partial charge in [-0.3, -0.25) is 9.59 Å². The van der Waals surface area contributed by atoms with Crippen molar-refractivity contribution in [3.63, 3.8) is 0 Å². The number of nitrogens with one attached hydrogen (secondary N) is 1. The van der Waals surface area contributed by atoms with Crippen molar-refractivity contribution in [3.8, 4) is 11.5 Å². The highest BCUT2D eigenvalue weighted by molar-refractivity contribution is 8.00. The quantitative estimate of drug-likeness (QED) is 0.504. The van der Waals surface area contributed by atoms with Gasteiger partial charge in [0.25, 0.3) is 5.22 Å². The number of benzene rings is 2. The monoisotopic (exact) mass is 381 g/mol. The van der Waals surface area contributed by atoms with E-state index in [0.29, 0.717) is 22.4 Å². The predicted molar refractivity (Wildman–Crippen MR) is 105 cm³/mol. The molecule has 1 amide bonds. The van der Waals surface area contributed by atoms with Crippen molar-refractivity contribution >= 4 is 29.1 Å². The van der Waals surface area contributed by atoms with Crippen LogP contribution in [-0.2, 0) is 4.79 Å². The van der Waals surface area contributed by atoms with E-state index in [2.05, 4.69) is 15.5 Å². The first-order chi connectivity index (χ1) is 12.9. The van der Waals surface area contributed by atoms with E-state index in [1.54, 1.807) is 31.2 Å². The second-order valence-corrected chi connectivity index (χ2v) is 7.42. The van der Waals surface area contributed by atoms with E-state index in [0.717, 1.165) is 11.1 Å². The number of carbonyl (C=O) groups excluding carboxylic acids is 2. The molecule has 0 unspecified atom stereocenters. The van der Waals surface area contributed by atoms with Gasteiger partial charge in [-0.1, -0.05) is 29.5 Å². The maximum atomic E-state index is 12.4. The maximum absolute atomic E-state index is 12.4. The second-order valence-electron chi connectivity index (χ2n) is 6.13. The first-order valence-electron chi connectivity index (χ1n) is 8.41. The summed E-state index contributed by atoms with van der Waals surface area (Å²) in [5.74, 6) is 0.220. The van der Waals surface area contributed by atoms with Crippen molar-refractivity contribution in [1.82, 2.24) is 10.2 Å². The van der Waals surface area contributed by atoms with E-state index in [-0.39, 0.29) is 11.7 Å². The number of thioether (sulfide) groups is 1. The van der Waals surface area contributed by atoms with Gasteiger partial charge in [-0.05, 0) is 57.2 Å². The van der Waals surface area contributed by atoms with E-state index in [9.17, 15) is 9.59 Å². The van der Waals surface area contributed by atoms with Crippen molar-refractivity contribution in [1.29, 1.82) is 0 Å². The summed E-state index contributed by atoms with van der Waals surface area (Å²) in [6.45, 7) is 5.26. The van der Waals surface area contributed by atoms with Crippen LogP contribution in [-0.4, -0.2) is 27.1 Å². The molecule has 27 heavy (non-hydrogen) atoms. The van der Waals surface area contributed by atoms with Crippen LogP contribution in [0.15, 0.2) is 58.2 Å². The molecule has 1 aromatic heterocycles. The van der Waals surface area contributed by atoms with Crippen LogP contribution in [0.2, 0.25) is 0 Å². The fraction of sp³-hybridized carbons (Fsp3) is 0.200. The van der Waals surface area contributed by atoms with Crippen molar-refractivity contribution in [2.45, 2.75) is 31.2 Å². The fourth-order valence-corrected chi connectivity index (χ4v) is 3.07. The molecular formula is C20H19N3O3S. The Hall–Kier alpha value is -2.93. The first kappa shape index (κ1) is 18.8. The molecular weight excluding hydrogens is 362 g/mol. The van der Waals surface area contributed by atoms with Crippen LogP contribution < -0.4 is 5.32 Å². The molecule has 7 heteroatoms. The summed E-state index contributed by atoms with van der Waals surface area (Å²) in [6.07, 6.45) is 0. The van der Waals surface area contributed by atoms with Gasteiger partial charge in [0.05, 0.1) is 5.25 Å². The Morgan fingerprint density at radius 1 is 1.11 bits per heavy atom. The number of hydrogen-bond acceptors (Lipinski definition) is 6. The van der Waals surface area contributed by atoms with Crippen LogP contribution in [0.3, 0.4) is 0 Å². The summed E-state index contributed by atoms with van der Waals surface area (Å²) in [7, 11) is 0. The van der Waals surface area contributed by atoms with Crippen LogP contribution >= 0.6 is 11.8 Å². The van der Waals surface area contributed by atoms with Gasteiger partial charge in [0, 0.05) is 16.8 Å². The third kappa shape index (κ3) is 4.83. The molecule has 1 atom stereocenters. The minimum atomic E-state index is -0.428. The lowest BCUT2D eigenvalue weighted by atomic mass is 10.1. The Bertz CT molecular complexity index is 967. The molecule has 0 aliphatic heterocycles. The van der Waals surface area contributed by atoms with Crippen LogP contribution in [0.5, 0.6) is 0 Å². The minimum Gasteiger partial charge on any atom is -0.411 e. The molecule has 0 radical (unpaired) electrons. The highest BCUT2D eigenvalue weighted by Crippen LogP contribution is 2.27. The highest BCUT2D eigenvalue weighted by Gasteiger charge is 2.19. The van der Waals surface area contributed by atoms with Gasteiger partial charge in [-0.15, -0.1) is 10.2 Å². The maximum Gasteiger partial charge on any atom is 0.277 e. The molecule has 0 fully saturated rings. The summed E-state index contributed by atoms with van der Waals surface area (Å²) < 4.78 is 5.66. The Balaban J connectivity index is 1.62. The van der Waals surface area contributed by atoms with Gasteiger partial charge in [0.2, 0.25) is 11.8 Å². The summed E-state index contributed by atoms with van der Waals surface area (Å²) in [4.78, 5) is 23.7. The third-order valence-corrected chi connectivity index (χ3v) is 4.81. The summed E-state index contributed by atoms with van der Waals surface area (Å²) in [6, 6.07) is 14.5. The zero-order valence-electron chi connectivity index (χ0n) is 15.2. The van der Waals surface area contributed by atoms with Crippen molar-refractivity contribution in [2.75, 3.05) is 5.32 Å². The van der Waals surface area contributed by atoms with Crippen molar-refractivity contribution in [3.05, 3.63) is 59.7 Å². The molecule has 1 heterocycles. The van der Waals surface area contributed by atoms with Gasteiger partial charge >= 0.3 is 0 Å². The number of carbonyl (C=O) groups is 2. The van der Waals surface area contributed by atoms with E-state index >= 15 is 0 Å². The molecule has 0 aliphatic rings. The zero-order chi connectivity index (χ0) is 19.4. The Morgan fingerprint density at radius 2 is 1.85 bits per heavy atom. The Labute approximate surface area is 161 Å². The standard InChI is InChI=1S/C20H19N3O3S/c1-12-5-4-6-16(11-12)19-22-23-20(26-19)27-14(3)18(25)21-17-9-7-15(8-10-17)13(2)24/h4-11,14H,1-3H3,(H,21,25)/t14-/m1/s1. The topological polar surface area (TPSA) is 85.1 Å². The number of hydrogen-bond donors (Lipinski definition) is 1. The van der Waals surface area contributed by atoms with Crippen LogP contribution in [0.1, 0.15) is 29.8 Å². The SMILES string of the molecule is CC(=O)c1ccc(NC(=O)[C@@H](C)Sc2nnc(-c3cccc(C)c3)o2)cc1. The fourth-order valence-electron chi connectivity index (χ4n) is 2.39. The lowest BCUT2D eigenvalue weighted by Gasteiger charge is -2.10. The van der Waals surface area contributed by atoms with Gasteiger partial charge in [0.1, 0.15) is 0 Å². The van der Waals surface area contributed by atoms with Crippen LogP contribution in [0.4, 0.5) is 5.69 Å². The molecule has 0 saturated carbocycles. The van der Waals surface area contributed by atoms with Crippen LogP contribution in [0, 0.1) is 6.92 Å². The van der Waals surface area contributed by atoms with Gasteiger partial charge in [-0.25, -0.2) is 0 Å². The lowest BCUT2D eigenvalue weighted by molar-refractivity contribution is -0.115. The highest BCUT2D eigenvalue weighted by atomic mass is 32.2. The zero-order valence-corrected chi connectivity index (χ0v) is 16.0. The molecule has 3 rings (SSSR count). The average Bonchev–Trinajstić information content (AvgIpc) is 3.10. The molecule has 0 saturated heterocycles. The van der Waals surface area contributed by atoms with E-state index in [4.69, 9.17) is 4.42 Å². The van der Waals surface area contributed by atoms with Gasteiger partial charge < -0.3 is 9.73 Å². The molecule has 0 aliphatic carbocycles. The Kier molecular flexibility index (Phi) is 5.71. The second kappa shape index (κ2) is 8.18. The lowest BCUT2D eigenvalue weighted by Crippen LogP contribution is -2.22. The minimum absolute atomic E-state index is 0.0161. The summed E-state index contributed by atoms with van der Waals surface area (Å²) >= 11 is 1.19. The number of amides is 1. The number of rotatable bonds is 6. The molecule has 3 aromatic rings. The van der Waals surface area contributed by atoms with E-state index in [1.807, 2.05) is 31.2 Å². The summed E-state index contributed by atoms with van der Waals surface area (Å²) in [5.41, 5.74) is 3.17. The predicted octanol–water partition coefficient (Wildman–Crippen LogP) is 4.37. The van der Waals surface area contributed by atoms with Crippen molar-refractivity contribution in [2.24, 2.45) is 0 Å². The molecule has 0 spiro atoms. The average molecular weight is 381 g/mol. The first-order valence-corrected chi connectivity index (χ1v) is 9.29. The van der Waals surface area contributed by atoms with E-state index in [1.165, 1.54) is 18.7 Å². The number of aromatic nitrogens is 2. The summed E-state index contributed by atoms with van der Waals surface area (Å²) in [5, 5.41) is 10.8. The van der Waals surface area contributed by atoms with Crippen molar-refractivity contribution < 1.29 is 14.0 Å². The molecule has 1 N–H and O–H groups in total.